The van der Waals surface area contributed by atoms with Crippen LogP contribution in [0.4, 0.5) is 0 Å². The van der Waals surface area contributed by atoms with Crippen molar-refractivity contribution in [1.82, 2.24) is 10.3 Å². The van der Waals surface area contributed by atoms with Crippen LogP contribution in [0.3, 0.4) is 0 Å². The number of nitrogens with zero attached hydrogens (tertiary/aromatic N) is 1. The van der Waals surface area contributed by atoms with Crippen LogP contribution in [0.2, 0.25) is 0 Å². The number of hydrogen-bond donors (Lipinski definition) is 2. The lowest BCUT2D eigenvalue weighted by molar-refractivity contribution is 0.0713. The normalized spacial score (nSPS) is 28.9. The summed E-state index contributed by atoms with van der Waals surface area (Å²) < 4.78 is 0. The fourth-order valence-electron chi connectivity index (χ4n) is 2.27. The van der Waals surface area contributed by atoms with Crippen molar-refractivity contribution in [2.75, 3.05) is 6.61 Å². The Bertz CT molecular complexity index is 370. The van der Waals surface area contributed by atoms with Crippen LogP contribution in [0.5, 0.6) is 0 Å². The van der Waals surface area contributed by atoms with Gasteiger partial charge in [-0.2, -0.15) is 0 Å². The maximum atomic E-state index is 11.9. The largest absolute Gasteiger partial charge is 0.394 e. The molecule has 94 valence electrons. The minimum atomic E-state index is -0.437. The molecule has 1 amide bonds. The van der Waals surface area contributed by atoms with E-state index in [0.717, 1.165) is 25.7 Å². The van der Waals surface area contributed by atoms with E-state index in [0.29, 0.717) is 11.6 Å². The van der Waals surface area contributed by atoms with Gasteiger partial charge in [0.1, 0.15) is 5.69 Å². The molecule has 2 rings (SSSR count). The van der Waals surface area contributed by atoms with Crippen molar-refractivity contribution in [1.29, 1.82) is 0 Å². The minimum Gasteiger partial charge on any atom is -0.394 e. The fraction of sp³-hybridized carbons (Fsp3) is 0.667. The number of aromatic nitrogens is 1. The summed E-state index contributed by atoms with van der Waals surface area (Å²) in [6, 6.07) is 0. The zero-order valence-electron chi connectivity index (χ0n) is 9.98. The Labute approximate surface area is 105 Å². The predicted molar refractivity (Wildman–Crippen MR) is 67.0 cm³/mol. The van der Waals surface area contributed by atoms with E-state index in [-0.39, 0.29) is 12.5 Å². The predicted octanol–water partition coefficient (Wildman–Crippen LogP) is 1.81. The minimum absolute atomic E-state index is 0.00952. The number of amides is 1. The number of hydrogen-bond acceptors (Lipinski definition) is 4. The molecule has 0 bridgehead atoms. The summed E-state index contributed by atoms with van der Waals surface area (Å²) in [7, 11) is 0. The van der Waals surface area contributed by atoms with Gasteiger partial charge >= 0.3 is 0 Å². The summed E-state index contributed by atoms with van der Waals surface area (Å²) in [4.78, 5) is 15.9. The molecule has 1 aliphatic carbocycles. The van der Waals surface area contributed by atoms with Gasteiger partial charge in [-0.3, -0.25) is 4.79 Å². The van der Waals surface area contributed by atoms with E-state index in [4.69, 9.17) is 0 Å². The van der Waals surface area contributed by atoms with Gasteiger partial charge in [0.05, 0.1) is 17.7 Å². The lowest BCUT2D eigenvalue weighted by atomic mass is 9.77. The fourth-order valence-corrected chi connectivity index (χ4v) is 2.80. The van der Waals surface area contributed by atoms with E-state index < -0.39 is 5.54 Å². The number of aliphatic hydroxyl groups excluding tert-OH is 1. The van der Waals surface area contributed by atoms with Crippen LogP contribution >= 0.6 is 11.3 Å². The van der Waals surface area contributed by atoms with Crippen LogP contribution in [0.1, 0.15) is 43.1 Å². The van der Waals surface area contributed by atoms with Gasteiger partial charge in [0.2, 0.25) is 0 Å². The summed E-state index contributed by atoms with van der Waals surface area (Å²) in [6.07, 6.45) is 3.80. The summed E-state index contributed by atoms with van der Waals surface area (Å²) in [5.41, 5.74) is 1.65. The third-order valence-corrected chi connectivity index (χ3v) is 4.16. The number of carbonyl (C=O) groups is 1. The van der Waals surface area contributed by atoms with Gasteiger partial charge in [-0.25, -0.2) is 4.98 Å². The monoisotopic (exact) mass is 254 g/mol. The van der Waals surface area contributed by atoms with E-state index in [2.05, 4.69) is 17.2 Å². The van der Waals surface area contributed by atoms with Gasteiger partial charge in [0, 0.05) is 5.38 Å². The van der Waals surface area contributed by atoms with E-state index in [1.54, 1.807) is 10.9 Å². The molecule has 0 radical (unpaired) electrons. The Morgan fingerprint density at radius 1 is 1.65 bits per heavy atom. The molecule has 0 spiro atoms. The zero-order valence-corrected chi connectivity index (χ0v) is 10.8. The number of thiazole rings is 1. The first-order valence-electron chi connectivity index (χ1n) is 5.97. The average Bonchev–Trinajstić information content (AvgIpc) is 2.86. The van der Waals surface area contributed by atoms with Crippen molar-refractivity contribution in [3.8, 4) is 0 Å². The van der Waals surface area contributed by atoms with Crippen molar-refractivity contribution in [3.63, 3.8) is 0 Å². The second kappa shape index (κ2) is 5.14. The highest BCUT2D eigenvalue weighted by Crippen LogP contribution is 2.31. The molecule has 0 aliphatic heterocycles. The van der Waals surface area contributed by atoms with Gasteiger partial charge in [0.15, 0.2) is 0 Å². The molecular formula is C12H18N2O2S. The van der Waals surface area contributed by atoms with Crippen LogP contribution in [-0.4, -0.2) is 28.1 Å². The zero-order chi connectivity index (χ0) is 12.3. The Kier molecular flexibility index (Phi) is 3.79. The topological polar surface area (TPSA) is 62.2 Å². The van der Waals surface area contributed by atoms with Gasteiger partial charge in [-0.1, -0.05) is 6.92 Å². The van der Waals surface area contributed by atoms with E-state index in [1.165, 1.54) is 11.3 Å². The molecular weight excluding hydrogens is 236 g/mol. The van der Waals surface area contributed by atoms with Gasteiger partial charge in [-0.15, -0.1) is 11.3 Å². The first-order valence-corrected chi connectivity index (χ1v) is 6.91. The molecule has 5 heteroatoms. The van der Waals surface area contributed by atoms with Crippen molar-refractivity contribution in [2.45, 2.75) is 38.1 Å². The molecule has 0 aromatic carbocycles. The number of aliphatic hydroxyl groups is 1. The highest BCUT2D eigenvalue weighted by molar-refractivity contribution is 7.07. The molecule has 0 atom stereocenters. The SMILES string of the molecule is CC1CCC(CO)(NC(=O)c2cscn2)CC1. The molecule has 4 nitrogen and oxygen atoms in total. The van der Waals surface area contributed by atoms with E-state index in [9.17, 15) is 9.90 Å². The first-order chi connectivity index (χ1) is 8.15. The molecule has 1 aromatic rings. The van der Waals surface area contributed by atoms with Crippen molar-refractivity contribution < 1.29 is 9.90 Å². The first kappa shape index (κ1) is 12.5. The van der Waals surface area contributed by atoms with Crippen molar-refractivity contribution in [2.24, 2.45) is 5.92 Å². The molecule has 1 saturated carbocycles. The highest BCUT2D eigenvalue weighted by Gasteiger charge is 2.35. The standard InChI is InChI=1S/C12H18N2O2S/c1-9-2-4-12(7-15,5-3-9)14-11(16)10-6-17-8-13-10/h6,8-9,15H,2-5,7H2,1H3,(H,14,16). The molecule has 1 aliphatic rings. The summed E-state index contributed by atoms with van der Waals surface area (Å²) in [5, 5.41) is 14.2. The smallest absolute Gasteiger partial charge is 0.271 e. The molecule has 0 saturated heterocycles. The maximum absolute atomic E-state index is 11.9. The van der Waals surface area contributed by atoms with Crippen LogP contribution in [-0.2, 0) is 0 Å². The number of nitrogens with one attached hydrogen (secondary N) is 1. The lowest BCUT2D eigenvalue weighted by Crippen LogP contribution is -2.53. The van der Waals surface area contributed by atoms with Crippen molar-refractivity contribution >= 4 is 17.2 Å². The molecule has 0 unspecified atom stereocenters. The summed E-state index contributed by atoms with van der Waals surface area (Å²) >= 11 is 1.40. The Morgan fingerprint density at radius 2 is 2.35 bits per heavy atom. The molecule has 1 fully saturated rings. The second-order valence-electron chi connectivity index (χ2n) is 4.95. The third-order valence-electron chi connectivity index (χ3n) is 3.58. The van der Waals surface area contributed by atoms with Crippen LogP contribution in [0.25, 0.3) is 0 Å². The quantitative estimate of drug-likeness (QED) is 0.865. The van der Waals surface area contributed by atoms with Gasteiger partial charge < -0.3 is 10.4 Å². The second-order valence-corrected chi connectivity index (χ2v) is 5.67. The Balaban J connectivity index is 2.02. The Morgan fingerprint density at radius 3 is 2.88 bits per heavy atom. The van der Waals surface area contributed by atoms with E-state index in [1.807, 2.05) is 0 Å². The summed E-state index contributed by atoms with van der Waals surface area (Å²) in [6.45, 7) is 2.22. The summed E-state index contributed by atoms with van der Waals surface area (Å²) in [5.74, 6) is 0.515. The Hall–Kier alpha value is -0.940. The number of rotatable bonds is 3. The van der Waals surface area contributed by atoms with Crippen LogP contribution < -0.4 is 5.32 Å². The maximum Gasteiger partial charge on any atom is 0.271 e. The molecule has 17 heavy (non-hydrogen) atoms. The molecule has 1 aromatic heterocycles. The average molecular weight is 254 g/mol. The van der Waals surface area contributed by atoms with E-state index >= 15 is 0 Å². The van der Waals surface area contributed by atoms with Gasteiger partial charge in [-0.05, 0) is 31.6 Å². The lowest BCUT2D eigenvalue weighted by Gasteiger charge is -2.38. The third kappa shape index (κ3) is 2.84. The highest BCUT2D eigenvalue weighted by atomic mass is 32.1. The van der Waals surface area contributed by atoms with Gasteiger partial charge in [0.25, 0.3) is 5.91 Å². The van der Waals surface area contributed by atoms with Crippen molar-refractivity contribution in [3.05, 3.63) is 16.6 Å². The van der Waals surface area contributed by atoms with Crippen LogP contribution in [0.15, 0.2) is 10.9 Å². The molecule has 2 N–H and O–H groups in total. The van der Waals surface area contributed by atoms with Crippen LogP contribution in [0, 0.1) is 5.92 Å². The number of carbonyl (C=O) groups excluding carboxylic acids is 1. The molecule has 1 heterocycles.